The van der Waals surface area contributed by atoms with Gasteiger partial charge in [0.2, 0.25) is 0 Å². The molecular formula is C21H18ClFO3. The highest BCUT2D eigenvalue weighted by Crippen LogP contribution is 2.47. The van der Waals surface area contributed by atoms with Gasteiger partial charge in [0.1, 0.15) is 17.2 Å². The summed E-state index contributed by atoms with van der Waals surface area (Å²) >= 11 is 6.34. The van der Waals surface area contributed by atoms with Crippen LogP contribution in [0.15, 0.2) is 42.5 Å². The number of hydrogen-bond acceptors (Lipinski definition) is 3. The Hall–Kier alpha value is -2.33. The van der Waals surface area contributed by atoms with E-state index in [0.717, 1.165) is 25.7 Å². The molecule has 0 radical (unpaired) electrons. The van der Waals surface area contributed by atoms with Gasteiger partial charge in [0.25, 0.3) is 0 Å². The Morgan fingerprint density at radius 2 is 2.00 bits per heavy atom. The summed E-state index contributed by atoms with van der Waals surface area (Å²) in [6, 6.07) is 9.74. The number of esters is 1. The Morgan fingerprint density at radius 3 is 2.69 bits per heavy atom. The quantitative estimate of drug-likeness (QED) is 0.662. The summed E-state index contributed by atoms with van der Waals surface area (Å²) in [5.74, 6) is -0.211. The molecule has 0 bridgehead atoms. The van der Waals surface area contributed by atoms with E-state index < -0.39 is 17.4 Å². The maximum atomic E-state index is 14.7. The van der Waals surface area contributed by atoms with E-state index >= 15 is 0 Å². The summed E-state index contributed by atoms with van der Waals surface area (Å²) < 4.78 is 25.8. The molecule has 0 saturated heterocycles. The van der Waals surface area contributed by atoms with Crippen molar-refractivity contribution in [1.82, 2.24) is 0 Å². The van der Waals surface area contributed by atoms with Crippen LogP contribution in [-0.4, -0.2) is 18.7 Å². The predicted molar refractivity (Wildman–Crippen MR) is 98.1 cm³/mol. The van der Waals surface area contributed by atoms with Crippen molar-refractivity contribution in [3.05, 3.63) is 70.0 Å². The fraction of sp³-hybridized carbons (Fsp3) is 0.286. The summed E-state index contributed by atoms with van der Waals surface area (Å²) in [7, 11) is 1.33. The number of fused-ring (bicyclic) bond motifs is 1. The minimum Gasteiger partial charge on any atom is -0.483 e. The second kappa shape index (κ2) is 6.44. The maximum absolute atomic E-state index is 14.7. The number of carbonyl (C=O) groups is 1. The largest absolute Gasteiger partial charge is 0.483 e. The molecule has 1 saturated carbocycles. The number of halogens is 2. The smallest absolute Gasteiger partial charge is 0.337 e. The van der Waals surface area contributed by atoms with Gasteiger partial charge >= 0.3 is 5.97 Å². The molecule has 2 aromatic rings. The molecule has 1 aliphatic heterocycles. The van der Waals surface area contributed by atoms with E-state index in [1.54, 1.807) is 30.3 Å². The molecule has 5 heteroatoms. The van der Waals surface area contributed by atoms with Crippen LogP contribution in [-0.2, 0) is 4.74 Å². The molecule has 0 N–H and O–H groups in total. The van der Waals surface area contributed by atoms with Crippen LogP contribution in [0.1, 0.15) is 47.2 Å². The summed E-state index contributed by atoms with van der Waals surface area (Å²) in [5.41, 5.74) is 1.60. The van der Waals surface area contributed by atoms with E-state index in [9.17, 15) is 9.18 Å². The molecule has 0 amide bonds. The van der Waals surface area contributed by atoms with Crippen LogP contribution < -0.4 is 4.74 Å². The van der Waals surface area contributed by atoms with E-state index in [0.29, 0.717) is 33.0 Å². The highest BCUT2D eigenvalue weighted by atomic mass is 35.5. The van der Waals surface area contributed by atoms with Gasteiger partial charge < -0.3 is 9.47 Å². The van der Waals surface area contributed by atoms with E-state index in [4.69, 9.17) is 21.1 Å². The fourth-order valence-corrected chi connectivity index (χ4v) is 4.11. The molecule has 1 heterocycles. The third kappa shape index (κ3) is 2.78. The third-order valence-electron chi connectivity index (χ3n) is 5.09. The highest BCUT2D eigenvalue weighted by molar-refractivity contribution is 6.32. The first-order valence-corrected chi connectivity index (χ1v) is 9.00. The van der Waals surface area contributed by atoms with Crippen LogP contribution in [0.4, 0.5) is 4.39 Å². The fourth-order valence-electron chi connectivity index (χ4n) is 3.85. The Labute approximate surface area is 156 Å². The lowest BCUT2D eigenvalue weighted by molar-refractivity contribution is 0.0600. The number of methoxy groups -OCH3 is 1. The van der Waals surface area contributed by atoms with Crippen molar-refractivity contribution in [1.29, 1.82) is 0 Å². The number of ether oxygens (including phenoxy) is 2. The second-order valence-electron chi connectivity index (χ2n) is 6.73. The standard InChI is InChI=1S/C21H18ClFO3/c1-25-20(24)13-7-8-18-14(11-13)15(12-21(26-18)9-2-3-10-21)19-16(22)5-4-6-17(19)23/h4-8,11-12H,2-3,9-10H2,1H3. The monoisotopic (exact) mass is 372 g/mol. The zero-order chi connectivity index (χ0) is 18.3. The van der Waals surface area contributed by atoms with Gasteiger partial charge in [0, 0.05) is 11.1 Å². The molecule has 26 heavy (non-hydrogen) atoms. The van der Waals surface area contributed by atoms with Gasteiger partial charge in [0.05, 0.1) is 17.7 Å². The lowest BCUT2D eigenvalue weighted by Gasteiger charge is -2.34. The topological polar surface area (TPSA) is 35.5 Å². The van der Waals surface area contributed by atoms with Crippen molar-refractivity contribution in [3.8, 4) is 5.75 Å². The molecule has 3 nitrogen and oxygen atoms in total. The first-order chi connectivity index (χ1) is 12.5. The van der Waals surface area contributed by atoms with Crippen LogP contribution in [0, 0.1) is 5.82 Å². The summed E-state index contributed by atoms with van der Waals surface area (Å²) in [6.07, 6.45) is 5.85. The van der Waals surface area contributed by atoms with Gasteiger partial charge in [-0.3, -0.25) is 0 Å². The molecule has 134 valence electrons. The molecule has 2 aromatic carbocycles. The van der Waals surface area contributed by atoms with Gasteiger partial charge in [-0.2, -0.15) is 0 Å². The Bertz CT molecular complexity index is 893. The highest BCUT2D eigenvalue weighted by Gasteiger charge is 2.39. The molecule has 1 spiro atoms. The number of benzene rings is 2. The average molecular weight is 373 g/mol. The molecule has 4 rings (SSSR count). The third-order valence-corrected chi connectivity index (χ3v) is 5.41. The minimum atomic E-state index is -0.451. The van der Waals surface area contributed by atoms with Crippen molar-refractivity contribution in [2.24, 2.45) is 0 Å². The lowest BCUT2D eigenvalue weighted by atomic mass is 9.86. The molecule has 0 unspecified atom stereocenters. The average Bonchev–Trinajstić information content (AvgIpc) is 3.08. The van der Waals surface area contributed by atoms with E-state index in [1.165, 1.54) is 13.2 Å². The van der Waals surface area contributed by atoms with Crippen LogP contribution in [0.2, 0.25) is 5.02 Å². The second-order valence-corrected chi connectivity index (χ2v) is 7.14. The number of carbonyl (C=O) groups excluding carboxylic acids is 1. The van der Waals surface area contributed by atoms with Crippen LogP contribution in [0.3, 0.4) is 0 Å². The normalized spacial score (nSPS) is 17.4. The Morgan fingerprint density at radius 1 is 1.23 bits per heavy atom. The molecule has 0 atom stereocenters. The van der Waals surface area contributed by atoms with E-state index in [1.807, 2.05) is 6.08 Å². The van der Waals surface area contributed by atoms with Gasteiger partial charge in [0.15, 0.2) is 0 Å². The first kappa shape index (κ1) is 17.1. The Kier molecular flexibility index (Phi) is 4.23. The Balaban J connectivity index is 1.94. The molecule has 1 aliphatic carbocycles. The van der Waals surface area contributed by atoms with Crippen LogP contribution in [0.5, 0.6) is 5.75 Å². The SMILES string of the molecule is COC(=O)c1ccc2c(c1)C(c1c(F)cccc1Cl)=CC1(CCCC1)O2. The van der Waals surface area contributed by atoms with E-state index in [2.05, 4.69) is 0 Å². The van der Waals surface area contributed by atoms with Crippen LogP contribution >= 0.6 is 11.6 Å². The molecule has 0 aromatic heterocycles. The van der Waals surface area contributed by atoms with Gasteiger partial charge in [-0.1, -0.05) is 17.7 Å². The zero-order valence-electron chi connectivity index (χ0n) is 14.4. The molecule has 1 fully saturated rings. The molecular weight excluding hydrogens is 355 g/mol. The number of rotatable bonds is 2. The maximum Gasteiger partial charge on any atom is 0.337 e. The van der Waals surface area contributed by atoms with E-state index in [-0.39, 0.29) is 0 Å². The lowest BCUT2D eigenvalue weighted by Crippen LogP contribution is -2.33. The summed E-state index contributed by atoms with van der Waals surface area (Å²) in [4.78, 5) is 11.9. The van der Waals surface area contributed by atoms with Gasteiger partial charge in [-0.05, 0) is 67.7 Å². The summed E-state index contributed by atoms with van der Waals surface area (Å²) in [5, 5.41) is 0.334. The van der Waals surface area contributed by atoms with Crippen molar-refractivity contribution in [3.63, 3.8) is 0 Å². The first-order valence-electron chi connectivity index (χ1n) is 8.62. The van der Waals surface area contributed by atoms with Gasteiger partial charge in [-0.15, -0.1) is 0 Å². The van der Waals surface area contributed by atoms with Crippen molar-refractivity contribution < 1.29 is 18.7 Å². The van der Waals surface area contributed by atoms with Gasteiger partial charge in [-0.25, -0.2) is 9.18 Å². The van der Waals surface area contributed by atoms with Crippen LogP contribution in [0.25, 0.3) is 5.57 Å². The van der Waals surface area contributed by atoms with Crippen molar-refractivity contribution >= 4 is 23.1 Å². The van der Waals surface area contributed by atoms with Crippen molar-refractivity contribution in [2.45, 2.75) is 31.3 Å². The predicted octanol–water partition coefficient (Wildman–Crippen LogP) is 5.40. The molecule has 2 aliphatic rings. The number of hydrogen-bond donors (Lipinski definition) is 0. The summed E-state index contributed by atoms with van der Waals surface area (Å²) in [6.45, 7) is 0. The van der Waals surface area contributed by atoms with Crippen molar-refractivity contribution in [2.75, 3.05) is 7.11 Å². The minimum absolute atomic E-state index is 0.334. The zero-order valence-corrected chi connectivity index (χ0v) is 15.1.